The van der Waals surface area contributed by atoms with Crippen molar-refractivity contribution in [2.24, 2.45) is 0 Å². The molecular weight excluding hydrogens is 1060 g/mol. The lowest BCUT2D eigenvalue weighted by Gasteiger charge is -2.36. The van der Waals surface area contributed by atoms with Crippen LogP contribution in [0.1, 0.15) is 22.3 Å². The van der Waals surface area contributed by atoms with Crippen LogP contribution in [-0.2, 0) is 5.41 Å². The van der Waals surface area contributed by atoms with Crippen LogP contribution in [0, 0.1) is 0 Å². The molecule has 0 fully saturated rings. The average molecular weight is 1120 g/mol. The van der Waals surface area contributed by atoms with Gasteiger partial charge in [0.25, 0.3) is 0 Å². The summed E-state index contributed by atoms with van der Waals surface area (Å²) in [5.74, 6) is 0. The molecule has 410 valence electrons. The van der Waals surface area contributed by atoms with Crippen molar-refractivity contribution < 1.29 is 0 Å². The van der Waals surface area contributed by atoms with Crippen molar-refractivity contribution in [2.45, 2.75) is 5.41 Å². The molecule has 0 saturated heterocycles. The molecule has 0 unspecified atom stereocenters. The highest BCUT2D eigenvalue weighted by atomic mass is 15.1. The molecule has 2 aliphatic rings. The average Bonchev–Trinajstić information content (AvgIpc) is 1.54. The highest BCUT2D eigenvalue weighted by molar-refractivity contribution is 6.16. The van der Waals surface area contributed by atoms with Gasteiger partial charge >= 0.3 is 0 Å². The van der Waals surface area contributed by atoms with E-state index in [0.717, 1.165) is 39.6 Å². The van der Waals surface area contributed by atoms with Crippen LogP contribution >= 0.6 is 0 Å². The molecule has 2 aliphatic carbocycles. The second-order valence-electron chi connectivity index (χ2n) is 23.5. The monoisotopic (exact) mass is 1120 g/mol. The quantitative estimate of drug-likeness (QED) is 0.140. The van der Waals surface area contributed by atoms with Crippen LogP contribution < -0.4 is 4.90 Å². The molecule has 2 heterocycles. The van der Waals surface area contributed by atoms with Crippen molar-refractivity contribution in [1.82, 2.24) is 9.13 Å². The Morgan fingerprint density at radius 2 is 0.625 bits per heavy atom. The molecule has 88 heavy (non-hydrogen) atoms. The number of hydrogen-bond donors (Lipinski definition) is 0. The summed E-state index contributed by atoms with van der Waals surface area (Å²) in [6.45, 7) is 0. The number of hydrogen-bond acceptors (Lipinski definition) is 1. The van der Waals surface area contributed by atoms with Gasteiger partial charge in [0.05, 0.1) is 33.2 Å². The van der Waals surface area contributed by atoms with Crippen molar-refractivity contribution in [2.75, 3.05) is 4.90 Å². The smallest absolute Gasteiger partial charge is 0.0746 e. The topological polar surface area (TPSA) is 13.1 Å². The van der Waals surface area contributed by atoms with Crippen molar-refractivity contribution in [3.8, 4) is 78.1 Å². The number of anilines is 3. The first kappa shape index (κ1) is 49.9. The summed E-state index contributed by atoms with van der Waals surface area (Å²) in [7, 11) is 0. The van der Waals surface area contributed by atoms with Crippen molar-refractivity contribution in [1.29, 1.82) is 0 Å². The second kappa shape index (κ2) is 19.8. The Hall–Kier alpha value is -11.5. The van der Waals surface area contributed by atoms with Crippen LogP contribution in [0.3, 0.4) is 0 Å². The summed E-state index contributed by atoms with van der Waals surface area (Å²) < 4.78 is 4.83. The van der Waals surface area contributed by atoms with Crippen LogP contribution in [0.2, 0.25) is 0 Å². The van der Waals surface area contributed by atoms with Gasteiger partial charge < -0.3 is 14.0 Å². The van der Waals surface area contributed by atoms with Crippen molar-refractivity contribution in [3.05, 3.63) is 356 Å². The SMILES string of the molecule is c1ccc(-c2ccc3c(c2)c2cc(-c4ccccc4)ccc2n3-c2ccc(-c3ccc(N(c4ccc(-c5cccc6c5c5ccccc5n6-c5ccccc5)cc4)c4cccc5c4C4(c6ccccc6-c6ccccc64)c4ccccc4-5)cc3)cc2)cc1. The molecule has 0 aliphatic heterocycles. The number of para-hydroxylation sites is 2. The van der Waals surface area contributed by atoms with Gasteiger partial charge in [-0.15, -0.1) is 0 Å². The Kier molecular flexibility index (Phi) is 11.2. The maximum Gasteiger partial charge on any atom is 0.0746 e. The molecule has 0 N–H and O–H groups in total. The Bertz CT molecular complexity index is 5240. The summed E-state index contributed by atoms with van der Waals surface area (Å²) in [6, 6.07) is 124. The Balaban J connectivity index is 0.778. The largest absolute Gasteiger partial charge is 0.310 e. The number of nitrogens with zero attached hydrogens (tertiary/aromatic N) is 3. The maximum absolute atomic E-state index is 2.52. The van der Waals surface area contributed by atoms with Gasteiger partial charge in [-0.1, -0.05) is 243 Å². The van der Waals surface area contributed by atoms with E-state index in [1.54, 1.807) is 0 Å². The summed E-state index contributed by atoms with van der Waals surface area (Å²) >= 11 is 0. The van der Waals surface area contributed by atoms with E-state index in [9.17, 15) is 0 Å². The minimum Gasteiger partial charge on any atom is -0.310 e. The van der Waals surface area contributed by atoms with E-state index < -0.39 is 5.41 Å². The van der Waals surface area contributed by atoms with E-state index in [1.807, 2.05) is 0 Å². The normalized spacial score (nSPS) is 12.6. The Labute approximate surface area is 511 Å². The molecule has 0 amide bonds. The first-order valence-electron chi connectivity index (χ1n) is 30.5. The van der Waals surface area contributed by atoms with Gasteiger partial charge in [-0.05, 0) is 174 Å². The van der Waals surface area contributed by atoms with Crippen LogP contribution in [0.15, 0.2) is 334 Å². The molecule has 3 heteroatoms. The molecule has 0 radical (unpaired) electrons. The van der Waals surface area contributed by atoms with E-state index in [4.69, 9.17) is 0 Å². The van der Waals surface area contributed by atoms with E-state index in [1.165, 1.54) is 122 Å². The zero-order chi connectivity index (χ0) is 57.9. The lowest BCUT2D eigenvalue weighted by molar-refractivity contribution is 0.793. The third-order valence-corrected chi connectivity index (χ3v) is 18.9. The minimum atomic E-state index is -0.553. The summed E-state index contributed by atoms with van der Waals surface area (Å²) in [4.78, 5) is 2.52. The molecule has 0 saturated carbocycles. The van der Waals surface area contributed by atoms with Crippen LogP contribution in [-0.4, -0.2) is 9.13 Å². The van der Waals surface area contributed by atoms with E-state index in [2.05, 4.69) is 348 Å². The first-order valence-corrected chi connectivity index (χ1v) is 30.5. The third-order valence-electron chi connectivity index (χ3n) is 18.9. The molecule has 0 atom stereocenters. The molecule has 3 nitrogen and oxygen atoms in total. The lowest BCUT2D eigenvalue weighted by Crippen LogP contribution is -2.28. The molecule has 14 aromatic carbocycles. The highest BCUT2D eigenvalue weighted by Gasteiger charge is 2.53. The van der Waals surface area contributed by atoms with E-state index in [0.29, 0.717) is 0 Å². The predicted octanol–water partition coefficient (Wildman–Crippen LogP) is 22.4. The third kappa shape index (κ3) is 7.44. The van der Waals surface area contributed by atoms with Crippen LogP contribution in [0.5, 0.6) is 0 Å². The number of fused-ring (bicyclic) bond motifs is 16. The summed E-state index contributed by atoms with van der Waals surface area (Å²) in [5.41, 5.74) is 29.7. The minimum absolute atomic E-state index is 0.553. The lowest BCUT2D eigenvalue weighted by atomic mass is 9.70. The van der Waals surface area contributed by atoms with Gasteiger partial charge in [-0.25, -0.2) is 0 Å². The van der Waals surface area contributed by atoms with Gasteiger partial charge in [0.15, 0.2) is 0 Å². The van der Waals surface area contributed by atoms with Gasteiger partial charge in [-0.3, -0.25) is 0 Å². The molecular formula is C85H55N3. The first-order chi connectivity index (χ1) is 43.7. The van der Waals surface area contributed by atoms with Gasteiger partial charge in [0, 0.05) is 49.9 Å². The molecule has 1 spiro atoms. The van der Waals surface area contributed by atoms with Gasteiger partial charge in [0.2, 0.25) is 0 Å². The fourth-order valence-electron chi connectivity index (χ4n) is 15.2. The number of aromatic nitrogens is 2. The number of benzene rings is 14. The summed E-state index contributed by atoms with van der Waals surface area (Å²) in [6.07, 6.45) is 0. The van der Waals surface area contributed by atoms with Crippen LogP contribution in [0.4, 0.5) is 17.1 Å². The number of rotatable bonds is 9. The Morgan fingerprint density at radius 1 is 0.239 bits per heavy atom. The van der Waals surface area contributed by atoms with Crippen LogP contribution in [0.25, 0.3) is 122 Å². The molecule has 2 aromatic heterocycles. The predicted molar refractivity (Wildman–Crippen MR) is 368 cm³/mol. The highest BCUT2D eigenvalue weighted by Crippen LogP contribution is 2.65. The molecule has 16 aromatic rings. The molecule has 18 rings (SSSR count). The van der Waals surface area contributed by atoms with Crippen molar-refractivity contribution in [3.63, 3.8) is 0 Å². The standard InChI is InChI=1S/C85H55N3/c1-4-20-56(21-5-1)61-44-52-79-73(54-61)74-55-62(57-22-6-2-7-23-57)45-53-80(74)87(79)66-48-40-59(41-49-66)58-38-46-64(47-39-58)86(65-50-42-60(43-51-65)67-30-18-36-81-83(67)72-29-13-17-35-78(72)88(81)63-24-8-3-9-25-63)82-37-19-31-71-70-28-12-16-34-77(70)85(84(71)82)75-32-14-10-26-68(75)69-27-11-15-33-76(69)85/h1-55H. The zero-order valence-electron chi connectivity index (χ0n) is 48.1. The maximum atomic E-state index is 2.52. The zero-order valence-corrected chi connectivity index (χ0v) is 48.1. The Morgan fingerprint density at radius 3 is 1.20 bits per heavy atom. The van der Waals surface area contributed by atoms with Gasteiger partial charge in [0.1, 0.15) is 0 Å². The van der Waals surface area contributed by atoms with Crippen molar-refractivity contribution >= 4 is 60.7 Å². The molecule has 0 bridgehead atoms. The summed E-state index contributed by atoms with van der Waals surface area (Å²) in [5, 5.41) is 4.95. The van der Waals surface area contributed by atoms with E-state index >= 15 is 0 Å². The van der Waals surface area contributed by atoms with Gasteiger partial charge in [-0.2, -0.15) is 0 Å². The fraction of sp³-hybridized carbons (Fsp3) is 0.0118. The fourth-order valence-corrected chi connectivity index (χ4v) is 15.2. The van der Waals surface area contributed by atoms with E-state index in [-0.39, 0.29) is 0 Å². The second-order valence-corrected chi connectivity index (χ2v) is 23.5.